The Hall–Kier alpha value is -2.82. The zero-order valence-corrected chi connectivity index (χ0v) is 12.7. The van der Waals surface area contributed by atoms with Crippen LogP contribution in [0, 0.1) is 0 Å². The number of nitrogens with one attached hydrogen (secondary N) is 2. The van der Waals surface area contributed by atoms with Crippen molar-refractivity contribution >= 4 is 28.8 Å². The fourth-order valence-corrected chi connectivity index (χ4v) is 2.11. The van der Waals surface area contributed by atoms with E-state index in [2.05, 4.69) is 21.9 Å². The fraction of sp³-hybridized carbons (Fsp3) is 0.176. The standard InChI is InChI=1S/C17H19N3O2/c1-4-10-18-11-9-12(2)19-15-13-7-5-6-8-14(13)20-16(15)17(21)22-3/h4-12,19-20H,1H2,2-3H3/b11-9-,18-10?. The third kappa shape index (κ3) is 3.44. The van der Waals surface area contributed by atoms with E-state index in [0.717, 1.165) is 16.6 Å². The minimum atomic E-state index is -0.403. The molecular formula is C17H19N3O2. The van der Waals surface area contributed by atoms with Gasteiger partial charge in [0.2, 0.25) is 0 Å². The summed E-state index contributed by atoms with van der Waals surface area (Å²) in [7, 11) is 1.37. The van der Waals surface area contributed by atoms with Crippen LogP contribution in [0.4, 0.5) is 5.69 Å². The van der Waals surface area contributed by atoms with E-state index in [1.165, 1.54) is 7.11 Å². The average molecular weight is 297 g/mol. The predicted molar refractivity (Wildman–Crippen MR) is 90.6 cm³/mol. The highest BCUT2D eigenvalue weighted by Crippen LogP contribution is 2.28. The second kappa shape index (κ2) is 7.26. The Labute approximate surface area is 129 Å². The lowest BCUT2D eigenvalue weighted by Gasteiger charge is -2.11. The van der Waals surface area contributed by atoms with Gasteiger partial charge in [-0.15, -0.1) is 0 Å². The summed E-state index contributed by atoms with van der Waals surface area (Å²) in [5.41, 5.74) is 2.03. The van der Waals surface area contributed by atoms with Gasteiger partial charge in [0.05, 0.1) is 12.8 Å². The molecule has 0 aliphatic carbocycles. The molecule has 1 aromatic carbocycles. The maximum Gasteiger partial charge on any atom is 0.356 e. The van der Waals surface area contributed by atoms with Crippen molar-refractivity contribution in [2.45, 2.75) is 13.0 Å². The first-order chi connectivity index (χ1) is 10.7. The summed E-state index contributed by atoms with van der Waals surface area (Å²) in [4.78, 5) is 19.1. The van der Waals surface area contributed by atoms with Crippen molar-refractivity contribution in [2.24, 2.45) is 4.99 Å². The number of carbonyl (C=O) groups excluding carboxylic acids is 1. The molecule has 1 atom stereocenters. The van der Waals surface area contributed by atoms with Crippen LogP contribution in [0.15, 0.2) is 54.2 Å². The van der Waals surface area contributed by atoms with Gasteiger partial charge in [0.25, 0.3) is 0 Å². The van der Waals surface area contributed by atoms with E-state index >= 15 is 0 Å². The van der Waals surface area contributed by atoms with Crippen LogP contribution >= 0.6 is 0 Å². The zero-order valence-electron chi connectivity index (χ0n) is 12.7. The lowest BCUT2D eigenvalue weighted by atomic mass is 10.2. The molecule has 1 aromatic heterocycles. The Bertz CT molecular complexity index is 729. The molecule has 5 heteroatoms. The Morgan fingerprint density at radius 3 is 2.95 bits per heavy atom. The third-order valence-electron chi connectivity index (χ3n) is 3.12. The van der Waals surface area contributed by atoms with Gasteiger partial charge in [0, 0.05) is 29.4 Å². The number of rotatable bonds is 6. The van der Waals surface area contributed by atoms with E-state index in [-0.39, 0.29) is 6.04 Å². The normalized spacial score (nSPS) is 12.8. The summed E-state index contributed by atoms with van der Waals surface area (Å²) < 4.78 is 4.84. The highest BCUT2D eigenvalue weighted by Gasteiger charge is 2.18. The number of hydrogen-bond acceptors (Lipinski definition) is 4. The lowest BCUT2D eigenvalue weighted by molar-refractivity contribution is 0.0596. The maximum atomic E-state index is 11.9. The van der Waals surface area contributed by atoms with Gasteiger partial charge in [-0.3, -0.25) is 4.99 Å². The van der Waals surface area contributed by atoms with Crippen LogP contribution in [0.2, 0.25) is 0 Å². The number of para-hydroxylation sites is 1. The molecule has 0 saturated heterocycles. The molecule has 1 heterocycles. The SMILES string of the molecule is C=CC=N/C=C\C(C)Nc1c(C(=O)OC)[nH]c2ccccc12. The number of carbonyl (C=O) groups is 1. The van der Waals surface area contributed by atoms with Gasteiger partial charge >= 0.3 is 5.97 Å². The molecular weight excluding hydrogens is 278 g/mol. The molecule has 5 nitrogen and oxygen atoms in total. The van der Waals surface area contributed by atoms with Crippen molar-refractivity contribution in [1.29, 1.82) is 0 Å². The summed E-state index contributed by atoms with van der Waals surface area (Å²) in [5, 5.41) is 4.25. The number of ether oxygens (including phenoxy) is 1. The molecule has 0 aliphatic heterocycles. The molecule has 0 bridgehead atoms. The van der Waals surface area contributed by atoms with Crippen molar-refractivity contribution < 1.29 is 9.53 Å². The highest BCUT2D eigenvalue weighted by molar-refractivity contribution is 6.06. The number of H-pyrrole nitrogens is 1. The Morgan fingerprint density at radius 1 is 1.45 bits per heavy atom. The van der Waals surface area contributed by atoms with E-state index in [4.69, 9.17) is 4.74 Å². The minimum Gasteiger partial charge on any atom is -0.464 e. The molecule has 1 unspecified atom stereocenters. The number of nitrogens with zero attached hydrogens (tertiary/aromatic N) is 1. The van der Waals surface area contributed by atoms with Gasteiger partial charge in [-0.2, -0.15) is 0 Å². The number of benzene rings is 1. The van der Waals surface area contributed by atoms with E-state index in [1.54, 1.807) is 18.5 Å². The molecule has 2 rings (SSSR count). The van der Waals surface area contributed by atoms with Crippen LogP contribution in [0.5, 0.6) is 0 Å². The number of esters is 1. The summed E-state index contributed by atoms with van der Waals surface area (Å²) >= 11 is 0. The van der Waals surface area contributed by atoms with Crippen LogP contribution < -0.4 is 5.32 Å². The number of aliphatic imine (C=N–C) groups is 1. The molecule has 2 N–H and O–H groups in total. The summed E-state index contributed by atoms with van der Waals surface area (Å²) in [6.07, 6.45) is 6.79. The monoisotopic (exact) mass is 297 g/mol. The third-order valence-corrected chi connectivity index (χ3v) is 3.12. The number of allylic oxidation sites excluding steroid dienone is 1. The predicted octanol–water partition coefficient (Wildman–Crippen LogP) is 3.53. The highest BCUT2D eigenvalue weighted by atomic mass is 16.5. The van der Waals surface area contributed by atoms with E-state index in [9.17, 15) is 4.79 Å². The van der Waals surface area contributed by atoms with E-state index < -0.39 is 5.97 Å². The quantitative estimate of drug-likeness (QED) is 0.633. The van der Waals surface area contributed by atoms with Crippen molar-refractivity contribution in [3.63, 3.8) is 0 Å². The second-order valence-electron chi connectivity index (χ2n) is 4.72. The lowest BCUT2D eigenvalue weighted by Crippen LogP contribution is -2.15. The average Bonchev–Trinajstić information content (AvgIpc) is 2.89. The van der Waals surface area contributed by atoms with Crippen LogP contribution in [-0.4, -0.2) is 30.3 Å². The van der Waals surface area contributed by atoms with Gasteiger partial charge < -0.3 is 15.0 Å². The van der Waals surface area contributed by atoms with Crippen molar-refractivity contribution in [3.8, 4) is 0 Å². The van der Waals surface area contributed by atoms with Crippen LogP contribution in [0.3, 0.4) is 0 Å². The number of fused-ring (bicyclic) bond motifs is 1. The zero-order chi connectivity index (χ0) is 15.9. The number of aromatic nitrogens is 1. The number of aromatic amines is 1. The van der Waals surface area contributed by atoms with Gasteiger partial charge in [-0.05, 0) is 19.1 Å². The van der Waals surface area contributed by atoms with Gasteiger partial charge in [0.15, 0.2) is 0 Å². The van der Waals surface area contributed by atoms with E-state index in [1.807, 2.05) is 37.3 Å². The smallest absolute Gasteiger partial charge is 0.356 e. The van der Waals surface area contributed by atoms with Crippen molar-refractivity contribution in [1.82, 2.24) is 4.98 Å². The summed E-state index contributed by atoms with van der Waals surface area (Å²) in [5.74, 6) is -0.403. The minimum absolute atomic E-state index is 0.00965. The molecule has 0 saturated carbocycles. The van der Waals surface area contributed by atoms with Crippen LogP contribution in [-0.2, 0) is 4.74 Å². The first-order valence-electron chi connectivity index (χ1n) is 6.93. The molecule has 22 heavy (non-hydrogen) atoms. The van der Waals surface area contributed by atoms with Gasteiger partial charge in [-0.1, -0.05) is 30.9 Å². The molecule has 0 aliphatic rings. The van der Waals surface area contributed by atoms with Crippen molar-refractivity contribution in [2.75, 3.05) is 12.4 Å². The fourth-order valence-electron chi connectivity index (χ4n) is 2.11. The molecule has 114 valence electrons. The van der Waals surface area contributed by atoms with Crippen molar-refractivity contribution in [3.05, 3.63) is 54.9 Å². The first kappa shape index (κ1) is 15.6. The largest absolute Gasteiger partial charge is 0.464 e. The number of methoxy groups -OCH3 is 1. The van der Waals surface area contributed by atoms with Gasteiger partial charge in [-0.25, -0.2) is 4.79 Å². The molecule has 0 radical (unpaired) electrons. The Morgan fingerprint density at radius 2 is 2.23 bits per heavy atom. The first-order valence-corrected chi connectivity index (χ1v) is 6.93. The molecule has 0 amide bonds. The topological polar surface area (TPSA) is 66.5 Å². The number of anilines is 1. The number of hydrogen-bond donors (Lipinski definition) is 2. The second-order valence-corrected chi connectivity index (χ2v) is 4.72. The summed E-state index contributed by atoms with van der Waals surface area (Å²) in [6.45, 7) is 5.53. The Kier molecular flexibility index (Phi) is 5.14. The van der Waals surface area contributed by atoms with Gasteiger partial charge in [0.1, 0.15) is 5.69 Å². The summed E-state index contributed by atoms with van der Waals surface area (Å²) in [6, 6.07) is 7.70. The molecule has 0 spiro atoms. The maximum absolute atomic E-state index is 11.9. The van der Waals surface area contributed by atoms with Crippen LogP contribution in [0.1, 0.15) is 17.4 Å². The molecule has 2 aromatic rings. The van der Waals surface area contributed by atoms with Crippen LogP contribution in [0.25, 0.3) is 10.9 Å². The Balaban J connectivity index is 2.32. The van der Waals surface area contributed by atoms with E-state index in [0.29, 0.717) is 5.69 Å². The molecule has 0 fully saturated rings.